The standard InChI is InChI=1S/C19H8BrClO5/c20-11-1-3-15-9(5-11)7-13(18(23)25-15)17(22)14-8-10-6-12(21)2-4-16(10)26-19(14)24/h1-8H. The van der Waals surface area contributed by atoms with Gasteiger partial charge in [-0.25, -0.2) is 9.59 Å². The van der Waals surface area contributed by atoms with Crippen molar-refractivity contribution in [1.29, 1.82) is 0 Å². The van der Waals surface area contributed by atoms with Crippen LogP contribution in [0.3, 0.4) is 0 Å². The van der Waals surface area contributed by atoms with Crippen LogP contribution >= 0.6 is 27.5 Å². The van der Waals surface area contributed by atoms with Crippen molar-refractivity contribution in [1.82, 2.24) is 0 Å². The predicted molar refractivity (Wildman–Crippen MR) is 101 cm³/mol. The molecule has 128 valence electrons. The number of carbonyl (C=O) groups excluding carboxylic acids is 1. The molecule has 0 amide bonds. The lowest BCUT2D eigenvalue weighted by Gasteiger charge is -2.03. The second-order valence-corrected chi connectivity index (χ2v) is 6.94. The molecule has 2 aromatic heterocycles. The van der Waals surface area contributed by atoms with Gasteiger partial charge in [-0.3, -0.25) is 4.79 Å². The zero-order valence-corrected chi connectivity index (χ0v) is 15.3. The third-order valence-corrected chi connectivity index (χ3v) is 4.61. The highest BCUT2D eigenvalue weighted by atomic mass is 79.9. The van der Waals surface area contributed by atoms with Gasteiger partial charge in [0.2, 0.25) is 5.78 Å². The Bertz CT molecular complexity index is 1220. The molecule has 0 N–H and O–H groups in total. The minimum atomic E-state index is -0.835. The third-order valence-electron chi connectivity index (χ3n) is 3.88. The molecule has 0 saturated heterocycles. The van der Waals surface area contributed by atoms with E-state index in [9.17, 15) is 14.4 Å². The lowest BCUT2D eigenvalue weighted by atomic mass is 10.0. The molecule has 26 heavy (non-hydrogen) atoms. The van der Waals surface area contributed by atoms with Crippen molar-refractivity contribution < 1.29 is 13.6 Å². The Morgan fingerprint density at radius 1 is 0.808 bits per heavy atom. The molecule has 7 heteroatoms. The number of benzene rings is 2. The molecule has 5 nitrogen and oxygen atoms in total. The molecular formula is C19H8BrClO5. The lowest BCUT2D eigenvalue weighted by Crippen LogP contribution is -2.20. The van der Waals surface area contributed by atoms with Crippen LogP contribution < -0.4 is 11.3 Å². The van der Waals surface area contributed by atoms with Crippen molar-refractivity contribution in [3.05, 3.63) is 90.0 Å². The van der Waals surface area contributed by atoms with Gasteiger partial charge in [-0.05, 0) is 48.5 Å². The van der Waals surface area contributed by atoms with E-state index in [1.807, 2.05) is 0 Å². The molecule has 0 fully saturated rings. The first kappa shape index (κ1) is 16.8. The van der Waals surface area contributed by atoms with Crippen LogP contribution in [0.15, 0.2) is 71.4 Å². The normalized spacial score (nSPS) is 11.2. The predicted octanol–water partition coefficient (Wildman–Crippen LogP) is 4.55. The summed E-state index contributed by atoms with van der Waals surface area (Å²) < 4.78 is 11.1. The molecule has 4 aromatic rings. The topological polar surface area (TPSA) is 77.5 Å². The van der Waals surface area contributed by atoms with Gasteiger partial charge in [0.15, 0.2) is 0 Å². The summed E-state index contributed by atoms with van der Waals surface area (Å²) >= 11 is 9.26. The van der Waals surface area contributed by atoms with Crippen LogP contribution in [-0.4, -0.2) is 5.78 Å². The SMILES string of the molecule is O=C(c1cc2cc(Cl)ccc2oc1=O)c1cc2cc(Br)ccc2oc1=O. The number of carbonyl (C=O) groups is 1. The monoisotopic (exact) mass is 430 g/mol. The molecule has 0 unspecified atom stereocenters. The summed E-state index contributed by atoms with van der Waals surface area (Å²) in [5, 5.41) is 1.46. The Hall–Kier alpha value is -2.70. The number of fused-ring (bicyclic) bond motifs is 2. The highest BCUT2D eigenvalue weighted by Crippen LogP contribution is 2.22. The molecule has 0 atom stereocenters. The first-order chi connectivity index (χ1) is 12.4. The van der Waals surface area contributed by atoms with E-state index in [0.717, 1.165) is 4.47 Å². The first-order valence-corrected chi connectivity index (χ1v) is 8.61. The zero-order chi connectivity index (χ0) is 18.4. The summed E-state index contributed by atoms with van der Waals surface area (Å²) in [5.41, 5.74) is -1.53. The highest BCUT2D eigenvalue weighted by molar-refractivity contribution is 9.10. The van der Waals surface area contributed by atoms with Gasteiger partial charge in [-0.15, -0.1) is 0 Å². The Morgan fingerprint density at radius 2 is 1.35 bits per heavy atom. The Balaban J connectivity index is 1.92. The van der Waals surface area contributed by atoms with Crippen molar-refractivity contribution in [2.45, 2.75) is 0 Å². The van der Waals surface area contributed by atoms with E-state index in [1.54, 1.807) is 30.3 Å². The Kier molecular flexibility index (Phi) is 4.01. The lowest BCUT2D eigenvalue weighted by molar-refractivity contribution is 0.103. The van der Waals surface area contributed by atoms with Crippen LogP contribution in [0, 0.1) is 0 Å². The van der Waals surface area contributed by atoms with E-state index < -0.39 is 17.0 Å². The van der Waals surface area contributed by atoms with Gasteiger partial charge < -0.3 is 8.83 Å². The zero-order valence-electron chi connectivity index (χ0n) is 12.9. The largest absolute Gasteiger partial charge is 0.422 e. The molecule has 2 heterocycles. The van der Waals surface area contributed by atoms with E-state index in [-0.39, 0.29) is 11.1 Å². The quantitative estimate of drug-likeness (QED) is 0.344. The minimum Gasteiger partial charge on any atom is -0.422 e. The van der Waals surface area contributed by atoms with Crippen LogP contribution in [0.25, 0.3) is 21.9 Å². The number of halogens is 2. The van der Waals surface area contributed by atoms with Crippen LogP contribution in [0.5, 0.6) is 0 Å². The molecule has 0 aliphatic carbocycles. The van der Waals surface area contributed by atoms with Crippen molar-refractivity contribution >= 4 is 55.3 Å². The summed E-state index contributed by atoms with van der Waals surface area (Å²) in [6, 6.07) is 12.5. The summed E-state index contributed by atoms with van der Waals surface area (Å²) in [5.74, 6) is -0.767. The number of hydrogen-bond acceptors (Lipinski definition) is 5. The van der Waals surface area contributed by atoms with Gasteiger partial charge in [0.25, 0.3) is 0 Å². The smallest absolute Gasteiger partial charge is 0.347 e. The molecular weight excluding hydrogens is 424 g/mol. The summed E-state index contributed by atoms with van der Waals surface area (Å²) in [6.45, 7) is 0. The number of rotatable bonds is 2. The summed E-state index contributed by atoms with van der Waals surface area (Å²) in [7, 11) is 0. The second-order valence-electron chi connectivity index (χ2n) is 5.59. The van der Waals surface area contributed by atoms with Crippen LogP contribution in [0.4, 0.5) is 0 Å². The van der Waals surface area contributed by atoms with Gasteiger partial charge in [0, 0.05) is 20.3 Å². The molecule has 0 spiro atoms. The third kappa shape index (κ3) is 2.87. The Morgan fingerprint density at radius 3 is 1.96 bits per heavy atom. The molecule has 4 rings (SSSR count). The van der Waals surface area contributed by atoms with Crippen LogP contribution in [0.1, 0.15) is 15.9 Å². The van der Waals surface area contributed by atoms with Gasteiger partial charge in [-0.2, -0.15) is 0 Å². The molecule has 0 aliphatic rings. The highest BCUT2D eigenvalue weighted by Gasteiger charge is 2.20. The van der Waals surface area contributed by atoms with Gasteiger partial charge in [-0.1, -0.05) is 27.5 Å². The van der Waals surface area contributed by atoms with Crippen molar-refractivity contribution in [3.63, 3.8) is 0 Å². The minimum absolute atomic E-state index is 0.246. The fourth-order valence-corrected chi connectivity index (χ4v) is 3.21. The molecule has 0 aliphatic heterocycles. The van der Waals surface area contributed by atoms with Gasteiger partial charge in [0.05, 0.1) is 0 Å². The first-order valence-electron chi connectivity index (χ1n) is 7.44. The average Bonchev–Trinajstić information content (AvgIpc) is 2.60. The summed E-state index contributed by atoms with van der Waals surface area (Å²) in [4.78, 5) is 37.2. The van der Waals surface area contributed by atoms with E-state index in [0.29, 0.717) is 27.0 Å². The van der Waals surface area contributed by atoms with E-state index in [4.69, 9.17) is 20.4 Å². The van der Waals surface area contributed by atoms with E-state index >= 15 is 0 Å². The van der Waals surface area contributed by atoms with Crippen molar-refractivity contribution in [2.24, 2.45) is 0 Å². The maximum atomic E-state index is 12.8. The fourth-order valence-electron chi connectivity index (χ4n) is 2.65. The van der Waals surface area contributed by atoms with Crippen LogP contribution in [0.2, 0.25) is 5.02 Å². The number of hydrogen-bond donors (Lipinski definition) is 0. The maximum Gasteiger partial charge on any atom is 0.347 e. The molecule has 2 aromatic carbocycles. The van der Waals surface area contributed by atoms with Gasteiger partial charge >= 0.3 is 11.3 Å². The van der Waals surface area contributed by atoms with E-state index in [1.165, 1.54) is 18.2 Å². The Labute approximate surface area is 158 Å². The van der Waals surface area contributed by atoms with Crippen LogP contribution in [-0.2, 0) is 0 Å². The van der Waals surface area contributed by atoms with Crippen molar-refractivity contribution in [3.8, 4) is 0 Å². The average molecular weight is 432 g/mol. The van der Waals surface area contributed by atoms with Gasteiger partial charge in [0.1, 0.15) is 22.3 Å². The second kappa shape index (κ2) is 6.23. The van der Waals surface area contributed by atoms with Crippen molar-refractivity contribution in [2.75, 3.05) is 0 Å². The summed E-state index contributed by atoms with van der Waals surface area (Å²) in [6.07, 6.45) is 0. The number of ketones is 1. The molecule has 0 radical (unpaired) electrons. The van der Waals surface area contributed by atoms with E-state index in [2.05, 4.69) is 15.9 Å². The molecule has 0 bridgehead atoms. The molecule has 0 saturated carbocycles. The fraction of sp³-hybridized carbons (Fsp3) is 0. The maximum absolute atomic E-state index is 12.8.